The van der Waals surface area contributed by atoms with Gasteiger partial charge in [0, 0.05) is 31.5 Å². The molecule has 5 heteroatoms. The van der Waals surface area contributed by atoms with Crippen molar-refractivity contribution in [1.29, 1.82) is 0 Å². The van der Waals surface area contributed by atoms with Crippen LogP contribution in [-0.4, -0.2) is 40.3 Å². The van der Waals surface area contributed by atoms with Crippen LogP contribution >= 0.6 is 0 Å². The summed E-state index contributed by atoms with van der Waals surface area (Å²) in [5, 5.41) is 4.50. The van der Waals surface area contributed by atoms with Crippen LogP contribution < -0.4 is 0 Å². The number of ether oxygens (including phenoxy) is 1. The van der Waals surface area contributed by atoms with E-state index in [0.29, 0.717) is 6.61 Å². The Morgan fingerprint density at radius 1 is 1.35 bits per heavy atom. The lowest BCUT2D eigenvalue weighted by molar-refractivity contribution is -0.136. The van der Waals surface area contributed by atoms with E-state index in [1.807, 2.05) is 18.7 Å². The van der Waals surface area contributed by atoms with Gasteiger partial charge in [0.05, 0.1) is 24.3 Å². The molecule has 0 bridgehead atoms. The van der Waals surface area contributed by atoms with Gasteiger partial charge in [-0.15, -0.1) is 0 Å². The van der Waals surface area contributed by atoms with Crippen molar-refractivity contribution >= 4 is 5.91 Å². The van der Waals surface area contributed by atoms with E-state index in [1.165, 1.54) is 11.3 Å². The predicted molar refractivity (Wildman–Crippen MR) is 75.3 cm³/mol. The van der Waals surface area contributed by atoms with Gasteiger partial charge in [0.25, 0.3) is 0 Å². The Balaban J connectivity index is 1.86. The molecule has 0 saturated carbocycles. The first kappa shape index (κ1) is 13.6. The van der Waals surface area contributed by atoms with Gasteiger partial charge in [-0.25, -0.2) is 0 Å². The zero-order chi connectivity index (χ0) is 14.3. The zero-order valence-corrected chi connectivity index (χ0v) is 12.6. The van der Waals surface area contributed by atoms with E-state index in [1.54, 1.807) is 0 Å². The molecule has 0 spiro atoms. The van der Waals surface area contributed by atoms with Gasteiger partial charge >= 0.3 is 0 Å². The number of aromatic nitrogens is 2. The standard InChI is InChI=1S/C15H23N3O2/c1-10-14(11(2)17(3)16-10)13-5-4-7-18(13)15(19)12-6-8-20-9-12/h12-13H,4-9H2,1-3H3. The van der Waals surface area contributed by atoms with Crippen LogP contribution in [0.4, 0.5) is 0 Å². The van der Waals surface area contributed by atoms with Gasteiger partial charge in [-0.2, -0.15) is 5.10 Å². The fourth-order valence-corrected chi connectivity index (χ4v) is 3.57. The first-order chi connectivity index (χ1) is 9.59. The van der Waals surface area contributed by atoms with E-state index in [2.05, 4.69) is 16.9 Å². The average Bonchev–Trinajstić information content (AvgIpc) is 3.12. The molecule has 1 aromatic heterocycles. The van der Waals surface area contributed by atoms with Gasteiger partial charge in [0.2, 0.25) is 5.91 Å². The molecule has 2 aliphatic heterocycles. The van der Waals surface area contributed by atoms with Crippen LogP contribution in [0, 0.1) is 19.8 Å². The molecule has 0 aromatic carbocycles. The van der Waals surface area contributed by atoms with E-state index >= 15 is 0 Å². The second kappa shape index (κ2) is 5.20. The number of rotatable bonds is 2. The molecule has 2 aliphatic rings. The second-order valence-electron chi connectivity index (χ2n) is 5.96. The van der Waals surface area contributed by atoms with Crippen molar-refractivity contribution in [3.63, 3.8) is 0 Å². The number of hydrogen-bond donors (Lipinski definition) is 0. The summed E-state index contributed by atoms with van der Waals surface area (Å²) < 4.78 is 7.29. The van der Waals surface area contributed by atoms with Crippen molar-refractivity contribution < 1.29 is 9.53 Å². The minimum absolute atomic E-state index is 0.0629. The highest BCUT2D eigenvalue weighted by Gasteiger charge is 2.37. The summed E-state index contributed by atoms with van der Waals surface area (Å²) in [4.78, 5) is 14.7. The zero-order valence-electron chi connectivity index (χ0n) is 12.6. The molecule has 2 unspecified atom stereocenters. The normalized spacial score (nSPS) is 26.4. The van der Waals surface area contributed by atoms with Crippen molar-refractivity contribution in [2.45, 2.75) is 39.2 Å². The van der Waals surface area contributed by atoms with Crippen LogP contribution in [0.2, 0.25) is 0 Å². The van der Waals surface area contributed by atoms with Crippen molar-refractivity contribution in [2.24, 2.45) is 13.0 Å². The highest BCUT2D eigenvalue weighted by atomic mass is 16.5. The van der Waals surface area contributed by atoms with E-state index in [4.69, 9.17) is 4.74 Å². The minimum atomic E-state index is 0.0629. The first-order valence-electron chi connectivity index (χ1n) is 7.48. The van der Waals surface area contributed by atoms with Crippen molar-refractivity contribution in [1.82, 2.24) is 14.7 Å². The summed E-state index contributed by atoms with van der Waals surface area (Å²) >= 11 is 0. The van der Waals surface area contributed by atoms with Crippen molar-refractivity contribution in [3.05, 3.63) is 17.0 Å². The Morgan fingerprint density at radius 3 is 2.75 bits per heavy atom. The summed E-state index contributed by atoms with van der Waals surface area (Å²) in [6.45, 7) is 6.32. The molecule has 1 aromatic rings. The lowest BCUT2D eigenvalue weighted by atomic mass is 10.0. The smallest absolute Gasteiger partial charge is 0.228 e. The molecular formula is C15H23N3O2. The van der Waals surface area contributed by atoms with E-state index < -0.39 is 0 Å². The van der Waals surface area contributed by atoms with E-state index in [-0.39, 0.29) is 17.9 Å². The molecule has 20 heavy (non-hydrogen) atoms. The minimum Gasteiger partial charge on any atom is -0.381 e. The molecule has 0 aliphatic carbocycles. The molecule has 2 atom stereocenters. The van der Waals surface area contributed by atoms with Gasteiger partial charge < -0.3 is 9.64 Å². The molecule has 2 saturated heterocycles. The van der Waals surface area contributed by atoms with Crippen LogP contribution in [0.5, 0.6) is 0 Å². The highest BCUT2D eigenvalue weighted by Crippen LogP contribution is 2.36. The predicted octanol–water partition coefficient (Wildman–Crippen LogP) is 1.74. The molecule has 0 N–H and O–H groups in total. The van der Waals surface area contributed by atoms with Crippen LogP contribution in [0.25, 0.3) is 0 Å². The third kappa shape index (κ3) is 2.14. The fraction of sp³-hybridized carbons (Fsp3) is 0.733. The van der Waals surface area contributed by atoms with E-state index in [9.17, 15) is 4.79 Å². The SMILES string of the molecule is Cc1nn(C)c(C)c1C1CCCN1C(=O)C1CCOC1. The molecule has 2 fully saturated rings. The molecule has 1 amide bonds. The van der Waals surface area contributed by atoms with E-state index in [0.717, 1.165) is 38.1 Å². The van der Waals surface area contributed by atoms with Crippen LogP contribution in [0.1, 0.15) is 42.3 Å². The van der Waals surface area contributed by atoms with Gasteiger partial charge in [-0.05, 0) is 33.1 Å². The molecule has 3 heterocycles. The Morgan fingerprint density at radius 2 is 2.15 bits per heavy atom. The van der Waals surface area contributed by atoms with Crippen molar-refractivity contribution in [3.8, 4) is 0 Å². The number of hydrogen-bond acceptors (Lipinski definition) is 3. The van der Waals surface area contributed by atoms with Crippen LogP contribution in [-0.2, 0) is 16.6 Å². The summed E-state index contributed by atoms with van der Waals surface area (Å²) in [6, 6.07) is 0.205. The molecule has 3 rings (SSSR count). The number of amides is 1. The van der Waals surface area contributed by atoms with Gasteiger partial charge in [0.1, 0.15) is 0 Å². The maximum atomic E-state index is 12.7. The molecule has 0 radical (unpaired) electrons. The lowest BCUT2D eigenvalue weighted by Gasteiger charge is -2.27. The fourth-order valence-electron chi connectivity index (χ4n) is 3.57. The number of likely N-dealkylation sites (tertiary alicyclic amines) is 1. The monoisotopic (exact) mass is 277 g/mol. The molecule has 5 nitrogen and oxygen atoms in total. The Hall–Kier alpha value is -1.36. The van der Waals surface area contributed by atoms with Gasteiger partial charge in [-0.3, -0.25) is 9.48 Å². The topological polar surface area (TPSA) is 47.4 Å². The number of nitrogens with zero attached hydrogens (tertiary/aromatic N) is 3. The first-order valence-corrected chi connectivity index (χ1v) is 7.48. The quantitative estimate of drug-likeness (QED) is 0.827. The lowest BCUT2D eigenvalue weighted by Crippen LogP contribution is -2.36. The third-order valence-corrected chi connectivity index (χ3v) is 4.71. The number of carbonyl (C=O) groups is 1. The molecular weight excluding hydrogens is 254 g/mol. The Kier molecular flexibility index (Phi) is 3.54. The van der Waals surface area contributed by atoms with Gasteiger partial charge in [-0.1, -0.05) is 0 Å². The maximum Gasteiger partial charge on any atom is 0.228 e. The molecule has 110 valence electrons. The Labute approximate surface area is 119 Å². The third-order valence-electron chi connectivity index (χ3n) is 4.71. The number of carbonyl (C=O) groups excluding carboxylic acids is 1. The summed E-state index contributed by atoms with van der Waals surface area (Å²) in [6.07, 6.45) is 3.00. The Bertz CT molecular complexity index is 517. The number of aryl methyl sites for hydroxylation is 2. The van der Waals surface area contributed by atoms with Crippen LogP contribution in [0.3, 0.4) is 0 Å². The summed E-state index contributed by atoms with van der Waals surface area (Å²) in [5.41, 5.74) is 3.48. The highest BCUT2D eigenvalue weighted by molar-refractivity contribution is 5.80. The second-order valence-corrected chi connectivity index (χ2v) is 5.96. The summed E-state index contributed by atoms with van der Waals surface area (Å²) in [5.74, 6) is 0.334. The largest absolute Gasteiger partial charge is 0.381 e. The van der Waals surface area contributed by atoms with Crippen LogP contribution in [0.15, 0.2) is 0 Å². The van der Waals surface area contributed by atoms with Gasteiger partial charge in [0.15, 0.2) is 0 Å². The van der Waals surface area contributed by atoms with Crippen molar-refractivity contribution in [2.75, 3.05) is 19.8 Å². The maximum absolute atomic E-state index is 12.7. The summed E-state index contributed by atoms with van der Waals surface area (Å²) in [7, 11) is 1.97. The average molecular weight is 277 g/mol.